The number of hydrogen-bond acceptors (Lipinski definition) is 3. The van der Waals surface area contributed by atoms with Crippen molar-refractivity contribution in [1.82, 2.24) is 15.1 Å². The van der Waals surface area contributed by atoms with Gasteiger partial charge in [-0.3, -0.25) is 9.48 Å². The number of hydrogen-bond donors (Lipinski definition) is 2. The lowest BCUT2D eigenvalue weighted by molar-refractivity contribution is -0.124. The molecule has 18 heavy (non-hydrogen) atoms. The molecule has 1 saturated carbocycles. The molecule has 1 amide bonds. The Labute approximate surface area is 121 Å². The summed E-state index contributed by atoms with van der Waals surface area (Å²) in [5.41, 5.74) is 4.92. The van der Waals surface area contributed by atoms with E-state index in [2.05, 4.69) is 33.0 Å². The zero-order chi connectivity index (χ0) is 13.2. The van der Waals surface area contributed by atoms with E-state index in [-0.39, 0.29) is 5.91 Å². The van der Waals surface area contributed by atoms with E-state index in [1.165, 1.54) is 0 Å². The lowest BCUT2D eigenvalue weighted by Gasteiger charge is -2.27. The normalized spacial score (nSPS) is 18.6. The summed E-state index contributed by atoms with van der Waals surface area (Å²) >= 11 is 2.23. The molecule has 2 rings (SSSR count). The maximum Gasteiger partial charge on any atom is 0.237 e. The van der Waals surface area contributed by atoms with Crippen LogP contribution in [0, 0.1) is 3.57 Å². The van der Waals surface area contributed by atoms with Crippen molar-refractivity contribution in [2.45, 2.75) is 50.7 Å². The van der Waals surface area contributed by atoms with Crippen LogP contribution in [-0.2, 0) is 11.3 Å². The van der Waals surface area contributed by atoms with E-state index in [0.29, 0.717) is 6.04 Å². The van der Waals surface area contributed by atoms with Gasteiger partial charge in [0.1, 0.15) is 0 Å². The van der Waals surface area contributed by atoms with Crippen molar-refractivity contribution in [2.75, 3.05) is 0 Å². The van der Waals surface area contributed by atoms with Gasteiger partial charge >= 0.3 is 0 Å². The Hall–Kier alpha value is -0.630. The van der Waals surface area contributed by atoms with Crippen molar-refractivity contribution in [1.29, 1.82) is 0 Å². The second kappa shape index (κ2) is 5.56. The molecule has 1 aromatic rings. The summed E-state index contributed by atoms with van der Waals surface area (Å²) in [5, 5.41) is 7.58. The van der Waals surface area contributed by atoms with Crippen molar-refractivity contribution in [3.63, 3.8) is 0 Å². The van der Waals surface area contributed by atoms with Crippen LogP contribution < -0.4 is 11.1 Å². The molecule has 1 atom stereocenters. The van der Waals surface area contributed by atoms with Crippen LogP contribution in [0.4, 0.5) is 0 Å². The minimum atomic E-state index is -0.582. The number of rotatable bonds is 7. The highest BCUT2D eigenvalue weighted by Crippen LogP contribution is 2.24. The minimum absolute atomic E-state index is 0.260. The molecule has 100 valence electrons. The van der Waals surface area contributed by atoms with E-state index >= 15 is 0 Å². The highest BCUT2D eigenvalue weighted by atomic mass is 127. The van der Waals surface area contributed by atoms with Crippen LogP contribution in [0.5, 0.6) is 0 Å². The van der Waals surface area contributed by atoms with Gasteiger partial charge in [-0.15, -0.1) is 0 Å². The third-order valence-corrected chi connectivity index (χ3v) is 3.87. The number of nitrogens with two attached hydrogens (primary N) is 1. The van der Waals surface area contributed by atoms with Gasteiger partial charge in [0, 0.05) is 18.8 Å². The second-order valence-electron chi connectivity index (χ2n) is 5.14. The zero-order valence-electron chi connectivity index (χ0n) is 10.5. The van der Waals surface area contributed by atoms with E-state index in [4.69, 9.17) is 5.73 Å². The van der Waals surface area contributed by atoms with Crippen LogP contribution in [0.2, 0.25) is 0 Å². The largest absolute Gasteiger partial charge is 0.368 e. The molecule has 5 nitrogen and oxygen atoms in total. The van der Waals surface area contributed by atoms with Crippen LogP contribution >= 0.6 is 22.6 Å². The van der Waals surface area contributed by atoms with Gasteiger partial charge in [-0.25, -0.2) is 0 Å². The van der Waals surface area contributed by atoms with E-state index in [1.807, 2.05) is 24.0 Å². The number of carbonyl (C=O) groups is 1. The third-order valence-electron chi connectivity index (χ3n) is 3.31. The van der Waals surface area contributed by atoms with Crippen LogP contribution in [0.1, 0.15) is 32.6 Å². The molecular formula is C12H19IN4O. The quantitative estimate of drug-likeness (QED) is 0.718. The van der Waals surface area contributed by atoms with Gasteiger partial charge in [0.15, 0.2) is 0 Å². The monoisotopic (exact) mass is 362 g/mol. The minimum Gasteiger partial charge on any atom is -0.368 e. The van der Waals surface area contributed by atoms with Gasteiger partial charge in [0.25, 0.3) is 0 Å². The molecule has 1 aromatic heterocycles. The van der Waals surface area contributed by atoms with Crippen LogP contribution in [-0.4, -0.2) is 27.3 Å². The average Bonchev–Trinajstić information content (AvgIpc) is 3.00. The van der Waals surface area contributed by atoms with Crippen LogP contribution in [0.15, 0.2) is 12.4 Å². The molecule has 0 aromatic carbocycles. The summed E-state index contributed by atoms with van der Waals surface area (Å²) in [6.07, 6.45) is 7.76. The summed E-state index contributed by atoms with van der Waals surface area (Å²) in [6, 6.07) is 0.480. The van der Waals surface area contributed by atoms with Crippen molar-refractivity contribution in [3.05, 3.63) is 16.0 Å². The molecule has 1 aliphatic rings. The Balaban J connectivity index is 1.83. The highest BCUT2D eigenvalue weighted by Gasteiger charge is 2.36. The predicted molar refractivity (Wildman–Crippen MR) is 77.9 cm³/mol. The van der Waals surface area contributed by atoms with Gasteiger partial charge in [0.05, 0.1) is 15.3 Å². The lowest BCUT2D eigenvalue weighted by atomic mass is 9.94. The lowest BCUT2D eigenvalue weighted by Crippen LogP contribution is -2.54. The van der Waals surface area contributed by atoms with Crippen molar-refractivity contribution >= 4 is 28.5 Å². The first-order valence-electron chi connectivity index (χ1n) is 6.25. The summed E-state index contributed by atoms with van der Waals surface area (Å²) in [7, 11) is 0. The Morgan fingerprint density at radius 3 is 2.94 bits per heavy atom. The Kier molecular flexibility index (Phi) is 4.26. The topological polar surface area (TPSA) is 72.9 Å². The number of carbonyl (C=O) groups excluding carboxylic acids is 1. The molecule has 1 fully saturated rings. The fourth-order valence-electron chi connectivity index (χ4n) is 2.00. The summed E-state index contributed by atoms with van der Waals surface area (Å²) in [5.74, 6) is -0.260. The molecule has 0 saturated heterocycles. The molecule has 3 N–H and O–H groups in total. The number of aromatic nitrogens is 2. The molecule has 0 radical (unpaired) electrons. The number of aryl methyl sites for hydroxylation is 1. The number of amides is 1. The SMILES string of the molecule is CC(CCCn1cc(I)cn1)(NC1CC1)C(N)=O. The van der Waals surface area contributed by atoms with Crippen molar-refractivity contribution < 1.29 is 4.79 Å². The molecular weight excluding hydrogens is 343 g/mol. The first-order valence-corrected chi connectivity index (χ1v) is 7.33. The molecule has 0 aliphatic heterocycles. The second-order valence-corrected chi connectivity index (χ2v) is 6.39. The molecule has 1 heterocycles. The summed E-state index contributed by atoms with van der Waals surface area (Å²) in [6.45, 7) is 2.72. The molecule has 1 unspecified atom stereocenters. The van der Waals surface area contributed by atoms with E-state index in [1.54, 1.807) is 0 Å². The maximum absolute atomic E-state index is 11.6. The standard InChI is InChI=1S/C12H19IN4O/c1-12(11(14)18,16-10-3-4-10)5-2-6-17-8-9(13)7-15-17/h7-8,10,16H,2-6H2,1H3,(H2,14,18). The molecule has 6 heteroatoms. The van der Waals surface area contributed by atoms with E-state index in [9.17, 15) is 4.79 Å². The van der Waals surface area contributed by atoms with Gasteiger partial charge in [-0.2, -0.15) is 5.10 Å². The van der Waals surface area contributed by atoms with Gasteiger partial charge in [0.2, 0.25) is 5.91 Å². The Morgan fingerprint density at radius 1 is 1.72 bits per heavy atom. The first kappa shape index (κ1) is 13.8. The molecule has 0 bridgehead atoms. The number of nitrogens with one attached hydrogen (secondary N) is 1. The number of halogens is 1. The molecule has 1 aliphatic carbocycles. The third kappa shape index (κ3) is 3.68. The predicted octanol–water partition coefficient (Wildman–Crippen LogP) is 1.26. The zero-order valence-corrected chi connectivity index (χ0v) is 12.7. The Bertz CT molecular complexity index is 429. The average molecular weight is 362 g/mol. The Morgan fingerprint density at radius 2 is 2.44 bits per heavy atom. The van der Waals surface area contributed by atoms with Gasteiger partial charge in [-0.05, 0) is 55.2 Å². The first-order chi connectivity index (χ1) is 8.49. The fourth-order valence-corrected chi connectivity index (χ4v) is 2.45. The molecule has 0 spiro atoms. The summed E-state index contributed by atoms with van der Waals surface area (Å²) < 4.78 is 3.03. The van der Waals surface area contributed by atoms with Crippen molar-refractivity contribution in [2.24, 2.45) is 5.73 Å². The van der Waals surface area contributed by atoms with Gasteiger partial charge in [-0.1, -0.05) is 0 Å². The van der Waals surface area contributed by atoms with E-state index < -0.39 is 5.54 Å². The van der Waals surface area contributed by atoms with Crippen molar-refractivity contribution in [3.8, 4) is 0 Å². The van der Waals surface area contributed by atoms with E-state index in [0.717, 1.165) is 35.8 Å². The summed E-state index contributed by atoms with van der Waals surface area (Å²) in [4.78, 5) is 11.6. The highest BCUT2D eigenvalue weighted by molar-refractivity contribution is 14.1. The smallest absolute Gasteiger partial charge is 0.237 e. The number of primary amides is 1. The van der Waals surface area contributed by atoms with Crippen LogP contribution in [0.25, 0.3) is 0 Å². The fraction of sp³-hybridized carbons (Fsp3) is 0.667. The van der Waals surface area contributed by atoms with Gasteiger partial charge < -0.3 is 11.1 Å². The van der Waals surface area contributed by atoms with Crippen LogP contribution in [0.3, 0.4) is 0 Å². The number of nitrogens with zero attached hydrogens (tertiary/aromatic N) is 2. The maximum atomic E-state index is 11.6.